The van der Waals surface area contributed by atoms with Crippen molar-refractivity contribution in [3.63, 3.8) is 0 Å². The summed E-state index contributed by atoms with van der Waals surface area (Å²) in [6.45, 7) is 2.02. The number of nitrogens with two attached hydrogens (primary N) is 1. The molecule has 1 aliphatic heterocycles. The Morgan fingerprint density at radius 2 is 1.93 bits per heavy atom. The summed E-state index contributed by atoms with van der Waals surface area (Å²) in [6.07, 6.45) is 4.07. The number of aromatic nitrogens is 3. The van der Waals surface area contributed by atoms with E-state index in [9.17, 15) is 9.59 Å². The Hall–Kier alpha value is -3.23. The zero-order valence-corrected chi connectivity index (χ0v) is 15.7. The molecule has 0 atom stereocenters. The molecule has 146 valence electrons. The van der Waals surface area contributed by atoms with Crippen LogP contribution in [-0.2, 0) is 17.8 Å². The van der Waals surface area contributed by atoms with Gasteiger partial charge in [0.15, 0.2) is 5.82 Å². The molecule has 1 spiro atoms. The summed E-state index contributed by atoms with van der Waals surface area (Å²) >= 11 is 0. The first kappa shape index (κ1) is 18.1. The molecule has 4 N–H and O–H groups in total. The van der Waals surface area contributed by atoms with E-state index in [1.807, 2.05) is 24.3 Å². The molecule has 2 fully saturated rings. The fourth-order valence-corrected chi connectivity index (χ4v) is 3.91. The molecule has 1 aliphatic carbocycles. The molecular weight excluding hydrogens is 358 g/mol. The minimum atomic E-state index is -0.753. The summed E-state index contributed by atoms with van der Waals surface area (Å²) < 4.78 is 0. The predicted molar refractivity (Wildman–Crippen MR) is 104 cm³/mol. The molecule has 1 saturated heterocycles. The van der Waals surface area contributed by atoms with E-state index in [0.29, 0.717) is 12.8 Å². The number of anilines is 3. The largest absolute Gasteiger partial charge is 0.368 e. The molecule has 2 aromatic rings. The maximum Gasteiger partial charge on any atom is 0.325 e. The number of carbonyl (C=O) groups excluding carboxylic acids is 2. The molecule has 1 saturated carbocycles. The quantitative estimate of drug-likeness (QED) is 0.677. The molecule has 1 aromatic heterocycles. The molecule has 0 unspecified atom stereocenters. The van der Waals surface area contributed by atoms with Gasteiger partial charge in [0.2, 0.25) is 11.9 Å². The lowest BCUT2D eigenvalue weighted by Crippen LogP contribution is -2.44. The number of imide groups is 1. The van der Waals surface area contributed by atoms with Crippen LogP contribution in [0.2, 0.25) is 0 Å². The molecule has 3 amide bonds. The number of hydrogen-bond donors (Lipinski definition) is 3. The number of carbonyl (C=O) groups is 2. The molecule has 0 bridgehead atoms. The predicted octanol–water partition coefficient (Wildman–Crippen LogP) is 2.12. The van der Waals surface area contributed by atoms with Gasteiger partial charge in [-0.1, -0.05) is 38.0 Å². The van der Waals surface area contributed by atoms with Crippen molar-refractivity contribution in [1.82, 2.24) is 25.2 Å². The van der Waals surface area contributed by atoms with Crippen LogP contribution in [-0.4, -0.2) is 37.3 Å². The normalized spacial score (nSPS) is 18.0. The monoisotopic (exact) mass is 381 g/mol. The van der Waals surface area contributed by atoms with Crippen LogP contribution >= 0.6 is 0 Å². The van der Waals surface area contributed by atoms with Crippen molar-refractivity contribution in [2.24, 2.45) is 0 Å². The smallest absolute Gasteiger partial charge is 0.325 e. The van der Waals surface area contributed by atoms with Gasteiger partial charge in [0.25, 0.3) is 5.91 Å². The van der Waals surface area contributed by atoms with Crippen LogP contribution in [0.5, 0.6) is 0 Å². The molecular formula is C19H23N7O2. The number of hydrogen-bond acceptors (Lipinski definition) is 7. The van der Waals surface area contributed by atoms with Gasteiger partial charge >= 0.3 is 6.03 Å². The second-order valence-electron chi connectivity index (χ2n) is 7.18. The molecule has 1 aromatic carbocycles. The average molecular weight is 381 g/mol. The lowest BCUT2D eigenvalue weighted by Gasteiger charge is -2.19. The zero-order valence-electron chi connectivity index (χ0n) is 15.7. The van der Waals surface area contributed by atoms with E-state index in [2.05, 4.69) is 32.5 Å². The minimum absolute atomic E-state index is 0.0316. The molecule has 0 radical (unpaired) electrons. The number of amides is 3. The second-order valence-corrected chi connectivity index (χ2v) is 7.18. The van der Waals surface area contributed by atoms with Gasteiger partial charge < -0.3 is 16.4 Å². The summed E-state index contributed by atoms with van der Waals surface area (Å²) in [4.78, 5) is 39.0. The number of nitrogens with one attached hydrogen (secondary N) is 2. The number of nitrogen functional groups attached to an aromatic ring is 1. The van der Waals surface area contributed by atoms with Crippen molar-refractivity contribution in [2.45, 2.75) is 51.1 Å². The summed E-state index contributed by atoms with van der Waals surface area (Å²) in [5.41, 5.74) is 7.07. The van der Waals surface area contributed by atoms with Crippen molar-refractivity contribution < 1.29 is 9.59 Å². The van der Waals surface area contributed by atoms with Crippen LogP contribution in [0, 0.1) is 0 Å². The van der Waals surface area contributed by atoms with Crippen molar-refractivity contribution in [2.75, 3.05) is 11.1 Å². The number of urea groups is 1. The number of nitrogens with zero attached hydrogens (tertiary/aromatic N) is 4. The van der Waals surface area contributed by atoms with Crippen LogP contribution in [0.3, 0.4) is 0 Å². The van der Waals surface area contributed by atoms with Crippen LogP contribution in [0.1, 0.15) is 44.0 Å². The lowest BCUT2D eigenvalue weighted by molar-refractivity contribution is -0.131. The Morgan fingerprint density at radius 1 is 1.18 bits per heavy atom. The second kappa shape index (κ2) is 7.06. The lowest BCUT2D eigenvalue weighted by atomic mass is 9.98. The highest BCUT2D eigenvalue weighted by molar-refractivity contribution is 6.07. The Morgan fingerprint density at radius 3 is 2.68 bits per heavy atom. The zero-order chi connectivity index (χ0) is 19.7. The first-order chi connectivity index (χ1) is 13.5. The van der Waals surface area contributed by atoms with E-state index in [1.54, 1.807) is 0 Å². The summed E-state index contributed by atoms with van der Waals surface area (Å²) in [7, 11) is 0. The molecule has 28 heavy (non-hydrogen) atoms. The Labute approximate surface area is 162 Å². The van der Waals surface area contributed by atoms with Crippen molar-refractivity contribution in [3.8, 4) is 0 Å². The summed E-state index contributed by atoms with van der Waals surface area (Å²) in [6, 6.07) is 7.42. The van der Waals surface area contributed by atoms with Gasteiger partial charge in [0, 0.05) is 5.69 Å². The van der Waals surface area contributed by atoms with Crippen LogP contribution < -0.4 is 16.4 Å². The fraction of sp³-hybridized carbons (Fsp3) is 0.421. The van der Waals surface area contributed by atoms with Gasteiger partial charge in [-0.3, -0.25) is 9.69 Å². The maximum atomic E-state index is 12.8. The van der Waals surface area contributed by atoms with E-state index in [-0.39, 0.29) is 30.2 Å². The highest BCUT2D eigenvalue weighted by Crippen LogP contribution is 2.35. The number of aryl methyl sites for hydroxylation is 1. The number of benzene rings is 1. The molecule has 2 aliphatic rings. The summed E-state index contributed by atoms with van der Waals surface area (Å²) in [5.74, 6) is 0.373. The van der Waals surface area contributed by atoms with Gasteiger partial charge in [-0.15, -0.1) is 0 Å². The Bertz CT molecular complexity index is 924. The fourth-order valence-electron chi connectivity index (χ4n) is 3.91. The maximum absolute atomic E-state index is 12.8. The number of rotatable bonds is 5. The van der Waals surface area contributed by atoms with Crippen LogP contribution in [0.4, 0.5) is 22.4 Å². The highest BCUT2D eigenvalue weighted by atomic mass is 16.2. The number of para-hydroxylation sites is 1. The third-order valence-corrected chi connectivity index (χ3v) is 5.35. The van der Waals surface area contributed by atoms with Gasteiger partial charge in [-0.05, 0) is 30.9 Å². The Kier molecular flexibility index (Phi) is 4.58. The van der Waals surface area contributed by atoms with Gasteiger partial charge in [0.1, 0.15) is 5.54 Å². The van der Waals surface area contributed by atoms with Crippen molar-refractivity contribution in [1.29, 1.82) is 0 Å². The molecule has 9 heteroatoms. The van der Waals surface area contributed by atoms with Gasteiger partial charge in [-0.25, -0.2) is 4.79 Å². The van der Waals surface area contributed by atoms with E-state index in [0.717, 1.165) is 30.5 Å². The Balaban J connectivity index is 1.56. The van der Waals surface area contributed by atoms with E-state index in [4.69, 9.17) is 5.73 Å². The van der Waals surface area contributed by atoms with Crippen molar-refractivity contribution >= 4 is 29.5 Å². The molecule has 4 rings (SSSR count). The van der Waals surface area contributed by atoms with Gasteiger partial charge in [-0.2, -0.15) is 15.0 Å². The molecule has 9 nitrogen and oxygen atoms in total. The average Bonchev–Trinajstić information content (AvgIpc) is 3.23. The highest BCUT2D eigenvalue weighted by Gasteiger charge is 2.52. The topological polar surface area (TPSA) is 126 Å². The van der Waals surface area contributed by atoms with Crippen LogP contribution in [0.25, 0.3) is 0 Å². The first-order valence-electron chi connectivity index (χ1n) is 9.50. The van der Waals surface area contributed by atoms with E-state index >= 15 is 0 Å². The SMILES string of the molecule is CCc1ccccc1Nc1nc(N)nc(CN2C(=O)NC3(CCCC3)C2=O)n1. The summed E-state index contributed by atoms with van der Waals surface area (Å²) in [5, 5.41) is 6.01. The molecule has 2 heterocycles. The van der Waals surface area contributed by atoms with Crippen molar-refractivity contribution in [3.05, 3.63) is 35.7 Å². The minimum Gasteiger partial charge on any atom is -0.368 e. The van der Waals surface area contributed by atoms with Crippen LogP contribution in [0.15, 0.2) is 24.3 Å². The standard InChI is InChI=1S/C19H23N7O2/c1-2-12-7-3-4-8-13(12)21-17-23-14(22-16(20)24-17)11-26-15(27)19(25-18(26)28)9-5-6-10-19/h3-4,7-8H,2,5-6,9-11H2,1H3,(H,25,28)(H3,20,21,22,23,24). The third kappa shape index (κ3) is 3.23. The van der Waals surface area contributed by atoms with E-state index in [1.165, 1.54) is 4.90 Å². The van der Waals surface area contributed by atoms with E-state index < -0.39 is 11.6 Å². The first-order valence-corrected chi connectivity index (χ1v) is 9.50. The van der Waals surface area contributed by atoms with Gasteiger partial charge in [0.05, 0.1) is 6.54 Å². The third-order valence-electron chi connectivity index (χ3n) is 5.35.